The Bertz CT molecular complexity index is 1060. The van der Waals surface area contributed by atoms with Crippen molar-refractivity contribution in [2.75, 3.05) is 23.3 Å². The Morgan fingerprint density at radius 2 is 1.88 bits per heavy atom. The Morgan fingerprint density at radius 3 is 2.66 bits per heavy atom. The summed E-state index contributed by atoms with van der Waals surface area (Å²) in [5.74, 6) is -0.0849. The van der Waals surface area contributed by atoms with E-state index < -0.39 is 10.0 Å². The molecule has 2 N–H and O–H groups in total. The number of nitrogens with one attached hydrogen (secondary N) is 2. The first-order valence-corrected chi connectivity index (χ1v) is 13.3. The van der Waals surface area contributed by atoms with E-state index in [2.05, 4.69) is 21.0 Å². The number of carbonyl (C=O) groups is 1. The van der Waals surface area contributed by atoms with Crippen LogP contribution in [0.25, 0.3) is 0 Å². The van der Waals surface area contributed by atoms with Gasteiger partial charge in [0, 0.05) is 31.2 Å². The van der Waals surface area contributed by atoms with Crippen molar-refractivity contribution in [2.45, 2.75) is 69.2 Å². The molecule has 0 bridgehead atoms. The van der Waals surface area contributed by atoms with Crippen LogP contribution in [0.2, 0.25) is 0 Å². The minimum Gasteiger partial charge on any atom is -0.370 e. The third-order valence-corrected chi connectivity index (χ3v) is 7.90. The van der Waals surface area contributed by atoms with E-state index >= 15 is 0 Å². The molecule has 1 atom stereocenters. The lowest BCUT2D eigenvalue weighted by atomic mass is 9.88. The van der Waals surface area contributed by atoms with Crippen LogP contribution < -0.4 is 14.9 Å². The molecule has 0 spiro atoms. The van der Waals surface area contributed by atoms with Gasteiger partial charge in [0.05, 0.1) is 5.69 Å². The molecule has 1 heterocycles. The van der Waals surface area contributed by atoms with Gasteiger partial charge in [0.2, 0.25) is 15.9 Å². The molecule has 1 amide bonds. The van der Waals surface area contributed by atoms with Crippen molar-refractivity contribution in [3.63, 3.8) is 0 Å². The summed E-state index contributed by atoms with van der Waals surface area (Å²) in [5, 5.41) is 2.88. The van der Waals surface area contributed by atoms with Crippen molar-refractivity contribution in [3.8, 4) is 0 Å². The van der Waals surface area contributed by atoms with E-state index in [1.54, 1.807) is 6.07 Å². The van der Waals surface area contributed by atoms with Gasteiger partial charge in [0.1, 0.15) is 4.90 Å². The van der Waals surface area contributed by atoms with E-state index in [-0.39, 0.29) is 16.8 Å². The van der Waals surface area contributed by atoms with Crippen LogP contribution in [-0.2, 0) is 21.2 Å². The minimum absolute atomic E-state index is 0.0849. The number of hydrogen-bond donors (Lipinski definition) is 2. The van der Waals surface area contributed by atoms with E-state index in [0.29, 0.717) is 17.8 Å². The van der Waals surface area contributed by atoms with Gasteiger partial charge in [-0.2, -0.15) is 0 Å². The maximum atomic E-state index is 13.6. The molecule has 32 heavy (non-hydrogen) atoms. The van der Waals surface area contributed by atoms with E-state index in [9.17, 15) is 13.2 Å². The highest BCUT2D eigenvalue weighted by Gasteiger charge is 2.29. The Hall–Kier alpha value is -2.38. The van der Waals surface area contributed by atoms with Gasteiger partial charge in [0.15, 0.2) is 0 Å². The quantitative estimate of drug-likeness (QED) is 0.601. The van der Waals surface area contributed by atoms with Crippen molar-refractivity contribution in [2.24, 2.45) is 0 Å². The number of hydrogen-bond acceptors (Lipinski definition) is 4. The summed E-state index contributed by atoms with van der Waals surface area (Å²) in [4.78, 5) is 14.6. The number of rotatable bonds is 8. The molecule has 2 aromatic rings. The van der Waals surface area contributed by atoms with E-state index in [4.69, 9.17) is 0 Å². The Labute approximate surface area is 191 Å². The maximum Gasteiger partial charge on any atom is 0.243 e. The average Bonchev–Trinajstić information content (AvgIpc) is 3.32. The smallest absolute Gasteiger partial charge is 0.243 e. The molecule has 0 radical (unpaired) electrons. The van der Waals surface area contributed by atoms with Crippen LogP contribution in [0.4, 0.5) is 11.4 Å². The third kappa shape index (κ3) is 5.15. The summed E-state index contributed by atoms with van der Waals surface area (Å²) in [7, 11) is -3.79. The number of unbranched alkanes of at least 4 members (excludes halogenated alkanes) is 1. The number of anilines is 2. The van der Waals surface area contributed by atoms with Crippen LogP contribution >= 0.6 is 0 Å². The Kier molecular flexibility index (Phi) is 7.16. The lowest BCUT2D eigenvalue weighted by Gasteiger charge is -2.28. The lowest BCUT2D eigenvalue weighted by Crippen LogP contribution is -2.32. The van der Waals surface area contributed by atoms with Crippen LogP contribution in [0.15, 0.2) is 47.4 Å². The SMILES string of the molecule is CCCCC(=O)Nc1ccc(N2CCCC2)c(S(=O)(=O)N[C@@H]2CCCc3ccccc32)c1. The summed E-state index contributed by atoms with van der Waals surface area (Å²) in [6, 6.07) is 13.1. The zero-order chi connectivity index (χ0) is 22.6. The Balaban J connectivity index is 1.64. The fourth-order valence-electron chi connectivity index (χ4n) is 4.71. The van der Waals surface area contributed by atoms with Crippen molar-refractivity contribution in [1.29, 1.82) is 0 Å². The first-order valence-electron chi connectivity index (χ1n) is 11.8. The van der Waals surface area contributed by atoms with Gasteiger partial charge in [-0.15, -0.1) is 0 Å². The average molecular weight is 456 g/mol. The van der Waals surface area contributed by atoms with Gasteiger partial charge in [-0.05, 0) is 67.9 Å². The van der Waals surface area contributed by atoms with E-state index in [0.717, 1.165) is 63.6 Å². The summed E-state index contributed by atoms with van der Waals surface area (Å²) >= 11 is 0. The van der Waals surface area contributed by atoms with Crippen LogP contribution in [0.5, 0.6) is 0 Å². The normalized spacial score (nSPS) is 18.4. The Morgan fingerprint density at radius 1 is 1.09 bits per heavy atom. The summed E-state index contributed by atoms with van der Waals surface area (Å²) in [5.41, 5.74) is 3.52. The molecule has 0 aromatic heterocycles. The fourth-order valence-corrected chi connectivity index (χ4v) is 6.22. The zero-order valence-corrected chi connectivity index (χ0v) is 19.6. The zero-order valence-electron chi connectivity index (χ0n) is 18.8. The van der Waals surface area contributed by atoms with Crippen LogP contribution in [0.3, 0.4) is 0 Å². The number of sulfonamides is 1. The number of fused-ring (bicyclic) bond motifs is 1. The molecular weight excluding hydrogens is 422 g/mol. The monoisotopic (exact) mass is 455 g/mol. The van der Waals surface area contributed by atoms with Crippen LogP contribution in [0.1, 0.15) is 69.0 Å². The molecule has 1 aliphatic carbocycles. The highest BCUT2D eigenvalue weighted by molar-refractivity contribution is 7.89. The molecule has 1 fully saturated rings. The number of amides is 1. The maximum absolute atomic E-state index is 13.6. The highest BCUT2D eigenvalue weighted by atomic mass is 32.2. The largest absolute Gasteiger partial charge is 0.370 e. The highest BCUT2D eigenvalue weighted by Crippen LogP contribution is 2.35. The summed E-state index contributed by atoms with van der Waals surface area (Å²) in [6.45, 7) is 3.73. The minimum atomic E-state index is -3.79. The molecule has 1 saturated heterocycles. The number of carbonyl (C=O) groups excluding carboxylic acids is 1. The van der Waals surface area contributed by atoms with Gasteiger partial charge >= 0.3 is 0 Å². The molecule has 4 rings (SSSR count). The second kappa shape index (κ2) is 10.0. The van der Waals surface area contributed by atoms with E-state index in [1.807, 2.05) is 37.3 Å². The second-order valence-corrected chi connectivity index (χ2v) is 10.5. The number of nitrogens with zero attached hydrogens (tertiary/aromatic N) is 1. The van der Waals surface area contributed by atoms with E-state index in [1.165, 1.54) is 5.56 Å². The molecule has 172 valence electrons. The molecule has 1 aliphatic heterocycles. The fraction of sp³-hybridized carbons (Fsp3) is 0.480. The van der Waals surface area contributed by atoms with Crippen molar-refractivity contribution >= 4 is 27.3 Å². The van der Waals surface area contributed by atoms with Crippen molar-refractivity contribution in [3.05, 3.63) is 53.6 Å². The second-order valence-electron chi connectivity index (χ2n) is 8.79. The predicted octanol–water partition coefficient (Wildman–Crippen LogP) is 4.77. The first-order chi connectivity index (χ1) is 15.5. The van der Waals surface area contributed by atoms with Crippen molar-refractivity contribution < 1.29 is 13.2 Å². The number of aryl methyl sites for hydroxylation is 1. The summed E-state index contributed by atoms with van der Waals surface area (Å²) in [6.07, 6.45) is 7.01. The van der Waals surface area contributed by atoms with Crippen LogP contribution in [0, 0.1) is 0 Å². The first kappa shape index (κ1) is 22.8. The molecular formula is C25H33N3O3S. The molecule has 0 unspecified atom stereocenters. The molecule has 7 heteroatoms. The number of benzene rings is 2. The summed E-state index contributed by atoms with van der Waals surface area (Å²) < 4.78 is 30.3. The van der Waals surface area contributed by atoms with Gasteiger partial charge in [-0.25, -0.2) is 13.1 Å². The predicted molar refractivity (Wildman–Crippen MR) is 128 cm³/mol. The molecule has 0 saturated carbocycles. The van der Waals surface area contributed by atoms with Gasteiger partial charge in [0.25, 0.3) is 0 Å². The van der Waals surface area contributed by atoms with Gasteiger partial charge in [-0.3, -0.25) is 4.79 Å². The lowest BCUT2D eigenvalue weighted by molar-refractivity contribution is -0.116. The molecule has 6 nitrogen and oxygen atoms in total. The topological polar surface area (TPSA) is 78.5 Å². The van der Waals surface area contributed by atoms with Crippen molar-refractivity contribution in [1.82, 2.24) is 4.72 Å². The molecule has 2 aliphatic rings. The third-order valence-electron chi connectivity index (χ3n) is 6.40. The van der Waals surface area contributed by atoms with Gasteiger partial charge in [-0.1, -0.05) is 37.6 Å². The standard InChI is InChI=1S/C25H33N3O3S/c1-2-3-13-25(29)26-20-14-15-23(28-16-6-7-17-28)24(18-20)32(30,31)27-22-12-8-10-19-9-4-5-11-21(19)22/h4-5,9,11,14-15,18,22,27H,2-3,6-8,10,12-13,16-17H2,1H3,(H,26,29)/t22-/m1/s1. The molecule has 2 aromatic carbocycles. The van der Waals surface area contributed by atoms with Gasteiger partial charge < -0.3 is 10.2 Å². The van der Waals surface area contributed by atoms with Crippen LogP contribution in [-0.4, -0.2) is 27.4 Å².